The molecule has 0 atom stereocenters. The highest BCUT2D eigenvalue weighted by molar-refractivity contribution is 7.53. The highest BCUT2D eigenvalue weighted by atomic mass is 31.2. The van der Waals surface area contributed by atoms with Crippen molar-refractivity contribution in [2.75, 3.05) is 13.2 Å². The van der Waals surface area contributed by atoms with Crippen LogP contribution in [0.15, 0.2) is 40.9 Å². The average molecular weight is 295 g/mol. The van der Waals surface area contributed by atoms with Crippen LogP contribution in [0.4, 0.5) is 0 Å². The van der Waals surface area contributed by atoms with Gasteiger partial charge in [-0.1, -0.05) is 18.2 Å². The molecule has 2 aromatic rings. The first-order valence-corrected chi connectivity index (χ1v) is 8.28. The third-order valence-corrected chi connectivity index (χ3v) is 4.58. The minimum absolute atomic E-state index is 0.0918. The Bertz CT molecular complexity index is 572. The molecular weight excluding hydrogens is 277 g/mol. The van der Waals surface area contributed by atoms with E-state index in [0.29, 0.717) is 24.9 Å². The zero-order chi connectivity index (χ0) is 14.4. The number of oxazole rings is 1. The number of rotatable bonds is 7. The molecule has 0 aliphatic heterocycles. The first-order chi connectivity index (χ1) is 9.67. The summed E-state index contributed by atoms with van der Waals surface area (Å²) in [6.45, 7) is 4.22. The monoisotopic (exact) mass is 295 g/mol. The van der Waals surface area contributed by atoms with Crippen LogP contribution < -0.4 is 0 Å². The molecule has 0 radical (unpaired) electrons. The summed E-state index contributed by atoms with van der Waals surface area (Å²) < 4.78 is 28.5. The van der Waals surface area contributed by atoms with Gasteiger partial charge in [0.1, 0.15) is 11.9 Å². The molecule has 0 aliphatic rings. The molecule has 0 unspecified atom stereocenters. The van der Waals surface area contributed by atoms with Crippen LogP contribution in [0.5, 0.6) is 0 Å². The van der Waals surface area contributed by atoms with Gasteiger partial charge in [0, 0.05) is 5.56 Å². The van der Waals surface area contributed by atoms with E-state index in [0.717, 1.165) is 5.56 Å². The predicted molar refractivity (Wildman–Crippen MR) is 76.5 cm³/mol. The van der Waals surface area contributed by atoms with Gasteiger partial charge < -0.3 is 13.5 Å². The fraction of sp³-hybridized carbons (Fsp3) is 0.357. The maximum atomic E-state index is 12.4. The van der Waals surface area contributed by atoms with Gasteiger partial charge in [0.05, 0.1) is 19.4 Å². The lowest BCUT2D eigenvalue weighted by Crippen LogP contribution is -1.98. The molecule has 1 aromatic heterocycles. The summed E-state index contributed by atoms with van der Waals surface area (Å²) in [5.74, 6) is 0.995. The Hall–Kier alpha value is -1.42. The molecule has 108 valence electrons. The van der Waals surface area contributed by atoms with Gasteiger partial charge >= 0.3 is 7.60 Å². The van der Waals surface area contributed by atoms with Gasteiger partial charge in [-0.2, -0.15) is 0 Å². The van der Waals surface area contributed by atoms with Crippen molar-refractivity contribution in [3.05, 3.63) is 42.3 Å². The van der Waals surface area contributed by atoms with Crippen molar-refractivity contribution in [3.8, 4) is 11.5 Å². The Labute approximate surface area is 118 Å². The lowest BCUT2D eigenvalue weighted by molar-refractivity contribution is 0.217. The SMILES string of the molecule is CCOP(=O)(Cc1cnc(-c2ccccc2)o1)OCC. The smallest absolute Gasteiger partial charge is 0.338 e. The molecule has 0 bridgehead atoms. The number of hydrogen-bond acceptors (Lipinski definition) is 5. The van der Waals surface area contributed by atoms with Crippen LogP contribution in [-0.2, 0) is 19.8 Å². The normalized spacial score (nSPS) is 11.7. The van der Waals surface area contributed by atoms with Crippen molar-refractivity contribution in [2.45, 2.75) is 20.0 Å². The topological polar surface area (TPSA) is 61.6 Å². The van der Waals surface area contributed by atoms with Crippen LogP contribution >= 0.6 is 7.60 Å². The minimum atomic E-state index is -3.15. The molecule has 6 heteroatoms. The Balaban J connectivity index is 2.15. The molecule has 1 aromatic carbocycles. The molecule has 0 spiro atoms. The highest BCUT2D eigenvalue weighted by Gasteiger charge is 2.26. The molecule has 2 rings (SSSR count). The zero-order valence-corrected chi connectivity index (χ0v) is 12.5. The van der Waals surface area contributed by atoms with Crippen molar-refractivity contribution < 1.29 is 18.0 Å². The van der Waals surface area contributed by atoms with E-state index in [1.807, 2.05) is 30.3 Å². The number of hydrogen-bond donors (Lipinski definition) is 0. The largest absolute Gasteiger partial charge is 0.441 e. The number of nitrogens with zero attached hydrogens (tertiary/aromatic N) is 1. The van der Waals surface area contributed by atoms with Gasteiger partial charge in [0.15, 0.2) is 0 Å². The van der Waals surface area contributed by atoms with E-state index in [2.05, 4.69) is 4.98 Å². The second kappa shape index (κ2) is 6.84. The molecule has 5 nitrogen and oxygen atoms in total. The van der Waals surface area contributed by atoms with Crippen molar-refractivity contribution in [3.63, 3.8) is 0 Å². The Morgan fingerprint density at radius 1 is 1.15 bits per heavy atom. The Kier molecular flexibility index (Phi) is 5.12. The quantitative estimate of drug-likeness (QED) is 0.719. The van der Waals surface area contributed by atoms with E-state index >= 15 is 0 Å². The summed E-state index contributed by atoms with van der Waals surface area (Å²) in [5, 5.41) is 0. The fourth-order valence-electron chi connectivity index (χ4n) is 1.81. The molecule has 0 aliphatic carbocycles. The van der Waals surface area contributed by atoms with Gasteiger partial charge in [0.25, 0.3) is 0 Å². The molecule has 0 saturated carbocycles. The second-order valence-electron chi connectivity index (χ2n) is 4.10. The zero-order valence-electron chi connectivity index (χ0n) is 11.6. The summed E-state index contributed by atoms with van der Waals surface area (Å²) in [5.41, 5.74) is 0.876. The Morgan fingerprint density at radius 2 is 1.80 bits per heavy atom. The molecular formula is C14H18NO4P. The van der Waals surface area contributed by atoms with Crippen molar-refractivity contribution >= 4 is 7.60 Å². The van der Waals surface area contributed by atoms with Crippen LogP contribution in [0.2, 0.25) is 0 Å². The van der Waals surface area contributed by atoms with Crippen molar-refractivity contribution in [1.29, 1.82) is 0 Å². The number of aromatic nitrogens is 1. The Morgan fingerprint density at radius 3 is 2.40 bits per heavy atom. The molecule has 1 heterocycles. The van der Waals surface area contributed by atoms with Crippen LogP contribution in [0.3, 0.4) is 0 Å². The van der Waals surface area contributed by atoms with Crippen LogP contribution in [0.25, 0.3) is 11.5 Å². The summed E-state index contributed by atoms with van der Waals surface area (Å²) >= 11 is 0. The summed E-state index contributed by atoms with van der Waals surface area (Å²) in [4.78, 5) is 4.19. The van der Waals surface area contributed by atoms with Gasteiger partial charge in [-0.25, -0.2) is 4.98 Å². The maximum absolute atomic E-state index is 12.4. The summed E-state index contributed by atoms with van der Waals surface area (Å²) in [6.07, 6.45) is 1.65. The fourth-order valence-corrected chi connectivity index (χ4v) is 3.38. The van der Waals surface area contributed by atoms with Crippen molar-refractivity contribution in [1.82, 2.24) is 4.98 Å². The van der Waals surface area contributed by atoms with E-state index in [1.165, 1.54) is 0 Å². The molecule has 0 N–H and O–H groups in total. The predicted octanol–water partition coefficient (Wildman–Crippen LogP) is 4.11. The number of benzene rings is 1. The maximum Gasteiger partial charge on any atom is 0.338 e. The third kappa shape index (κ3) is 3.79. The van der Waals surface area contributed by atoms with E-state index in [9.17, 15) is 4.57 Å². The first kappa shape index (κ1) is 15.0. The van der Waals surface area contributed by atoms with Gasteiger partial charge in [0.2, 0.25) is 5.89 Å². The summed E-state index contributed by atoms with van der Waals surface area (Å²) in [6, 6.07) is 9.54. The molecule has 0 amide bonds. The standard InChI is InChI=1S/C14H18NO4P/c1-3-17-20(16,18-4-2)11-13-10-15-14(19-13)12-8-6-5-7-9-12/h5-10H,3-4,11H2,1-2H3. The molecule has 0 fully saturated rings. The van der Waals surface area contributed by atoms with Crippen LogP contribution in [0, 0.1) is 0 Å². The van der Waals surface area contributed by atoms with E-state index in [1.54, 1.807) is 20.0 Å². The summed E-state index contributed by atoms with van der Waals surface area (Å²) in [7, 11) is -3.15. The first-order valence-electron chi connectivity index (χ1n) is 6.55. The molecule has 20 heavy (non-hydrogen) atoms. The minimum Gasteiger partial charge on any atom is -0.441 e. The van der Waals surface area contributed by atoms with Crippen LogP contribution in [0.1, 0.15) is 19.6 Å². The van der Waals surface area contributed by atoms with E-state index < -0.39 is 7.60 Å². The average Bonchev–Trinajstić information content (AvgIpc) is 2.88. The lowest BCUT2D eigenvalue weighted by Gasteiger charge is -2.15. The van der Waals surface area contributed by atoms with Gasteiger partial charge in [-0.15, -0.1) is 0 Å². The van der Waals surface area contributed by atoms with Crippen LogP contribution in [-0.4, -0.2) is 18.2 Å². The van der Waals surface area contributed by atoms with Crippen molar-refractivity contribution in [2.24, 2.45) is 0 Å². The lowest BCUT2D eigenvalue weighted by atomic mass is 10.2. The van der Waals surface area contributed by atoms with E-state index in [-0.39, 0.29) is 6.16 Å². The second-order valence-corrected chi connectivity index (χ2v) is 6.16. The van der Waals surface area contributed by atoms with E-state index in [4.69, 9.17) is 13.5 Å². The third-order valence-electron chi connectivity index (χ3n) is 2.58. The highest BCUT2D eigenvalue weighted by Crippen LogP contribution is 2.51. The van der Waals surface area contributed by atoms with Gasteiger partial charge in [-0.3, -0.25) is 4.57 Å². The molecule has 0 saturated heterocycles. The van der Waals surface area contributed by atoms with Gasteiger partial charge in [-0.05, 0) is 26.0 Å².